The van der Waals surface area contributed by atoms with E-state index in [1.165, 1.54) is 4.90 Å². The van der Waals surface area contributed by atoms with Crippen LogP contribution in [0.4, 0.5) is 5.69 Å². The fourth-order valence-electron chi connectivity index (χ4n) is 1.25. The van der Waals surface area contributed by atoms with Crippen molar-refractivity contribution >= 4 is 41.5 Å². The van der Waals surface area contributed by atoms with Gasteiger partial charge in [-0.3, -0.25) is 0 Å². The molecule has 17 heavy (non-hydrogen) atoms. The van der Waals surface area contributed by atoms with Gasteiger partial charge in [0.2, 0.25) is 0 Å². The molecule has 0 unspecified atom stereocenters. The Morgan fingerprint density at radius 1 is 1.12 bits per heavy atom. The number of halogens is 2. The van der Waals surface area contributed by atoms with Gasteiger partial charge in [0.05, 0.1) is 5.69 Å². The molecule has 0 atom stereocenters. The van der Waals surface area contributed by atoms with Gasteiger partial charge in [0, 0.05) is 16.3 Å². The molecule has 0 aliphatic rings. The Hall–Kier alpha value is -0.900. The Morgan fingerprint density at radius 3 is 2.47 bits per heavy atom. The largest absolute Gasteiger partial charge is 0.399 e. The van der Waals surface area contributed by atoms with E-state index in [-0.39, 0.29) is 12.4 Å². The highest BCUT2D eigenvalue weighted by atomic mass is 35.5. The van der Waals surface area contributed by atoms with Gasteiger partial charge in [-0.15, -0.1) is 24.2 Å². The molecule has 0 fully saturated rings. The predicted molar refractivity (Wildman–Crippen MR) is 76.9 cm³/mol. The lowest BCUT2D eigenvalue weighted by molar-refractivity contribution is 1.17. The summed E-state index contributed by atoms with van der Waals surface area (Å²) in [6.45, 7) is 0. The topological polar surface area (TPSA) is 38.9 Å². The van der Waals surface area contributed by atoms with Crippen LogP contribution in [0.5, 0.6) is 0 Å². The average Bonchev–Trinajstić information content (AvgIpc) is 2.28. The summed E-state index contributed by atoms with van der Waals surface area (Å²) in [6, 6.07) is 13.5. The number of aromatic nitrogens is 1. The summed E-state index contributed by atoms with van der Waals surface area (Å²) in [7, 11) is 0. The first kappa shape index (κ1) is 14.2. The summed E-state index contributed by atoms with van der Waals surface area (Å²) in [5, 5.41) is 0.537. The van der Waals surface area contributed by atoms with E-state index in [1.54, 1.807) is 17.8 Å². The van der Waals surface area contributed by atoms with Crippen molar-refractivity contribution in [1.82, 2.24) is 4.98 Å². The first-order chi connectivity index (χ1) is 7.74. The molecule has 0 spiro atoms. The number of hydrogen-bond acceptors (Lipinski definition) is 3. The number of anilines is 1. The third-order valence-corrected chi connectivity index (χ3v) is 3.30. The Morgan fingerprint density at radius 2 is 1.82 bits per heavy atom. The molecule has 1 aromatic heterocycles. The molecule has 0 amide bonds. The van der Waals surface area contributed by atoms with Crippen molar-refractivity contribution in [2.45, 2.75) is 10.6 Å². The molecule has 90 valence electrons. The molecule has 1 heterocycles. The summed E-state index contributed by atoms with van der Waals surface area (Å²) in [5.74, 6) is 0.810. The minimum atomic E-state index is 0. The summed E-state index contributed by atoms with van der Waals surface area (Å²) in [6.07, 6.45) is 0. The number of hydrogen-bond donors (Lipinski definition) is 1. The molecule has 0 aliphatic carbocycles. The van der Waals surface area contributed by atoms with Gasteiger partial charge < -0.3 is 5.73 Å². The molecule has 0 aliphatic heterocycles. The Balaban J connectivity index is 0.00000144. The third-order valence-electron chi connectivity index (χ3n) is 2.04. The Kier molecular flexibility index (Phi) is 5.62. The maximum atomic E-state index is 5.81. The van der Waals surface area contributed by atoms with Gasteiger partial charge in [-0.25, -0.2) is 4.98 Å². The van der Waals surface area contributed by atoms with Crippen LogP contribution in [0.3, 0.4) is 0 Å². The number of benzene rings is 1. The maximum absolute atomic E-state index is 5.81. The van der Waals surface area contributed by atoms with E-state index in [9.17, 15) is 0 Å². The van der Waals surface area contributed by atoms with Gasteiger partial charge in [0.15, 0.2) is 0 Å². The van der Waals surface area contributed by atoms with Crippen LogP contribution in [-0.2, 0) is 5.75 Å². The highest BCUT2D eigenvalue weighted by molar-refractivity contribution is 7.98. The highest BCUT2D eigenvalue weighted by Gasteiger charge is 1.98. The molecule has 0 radical (unpaired) electrons. The van der Waals surface area contributed by atoms with Gasteiger partial charge >= 0.3 is 0 Å². The van der Waals surface area contributed by atoms with Crippen LogP contribution in [0, 0.1) is 0 Å². The van der Waals surface area contributed by atoms with Crippen molar-refractivity contribution in [3.05, 3.63) is 53.3 Å². The van der Waals surface area contributed by atoms with E-state index < -0.39 is 0 Å². The number of thioether (sulfide) groups is 1. The highest BCUT2D eigenvalue weighted by Crippen LogP contribution is 2.23. The monoisotopic (exact) mass is 286 g/mol. The van der Waals surface area contributed by atoms with Crippen molar-refractivity contribution < 1.29 is 0 Å². The summed E-state index contributed by atoms with van der Waals surface area (Å²) < 4.78 is 0. The zero-order valence-corrected chi connectivity index (χ0v) is 11.4. The van der Waals surface area contributed by atoms with E-state index in [2.05, 4.69) is 4.98 Å². The van der Waals surface area contributed by atoms with E-state index in [1.807, 2.05) is 36.4 Å². The van der Waals surface area contributed by atoms with E-state index in [4.69, 9.17) is 17.3 Å². The summed E-state index contributed by atoms with van der Waals surface area (Å²) in [4.78, 5) is 5.40. The van der Waals surface area contributed by atoms with Crippen LogP contribution in [0.15, 0.2) is 47.4 Å². The molecule has 0 bridgehead atoms. The predicted octanol–water partition coefficient (Wildman–Crippen LogP) is 4.03. The Labute approximate surface area is 116 Å². The second-order valence-corrected chi connectivity index (χ2v) is 4.75. The van der Waals surface area contributed by atoms with Gasteiger partial charge in [0.25, 0.3) is 0 Å². The van der Waals surface area contributed by atoms with Gasteiger partial charge in [0.1, 0.15) is 5.15 Å². The lowest BCUT2D eigenvalue weighted by atomic mass is 10.3. The van der Waals surface area contributed by atoms with Crippen molar-refractivity contribution in [2.75, 3.05) is 5.73 Å². The first-order valence-corrected chi connectivity index (χ1v) is 6.20. The van der Waals surface area contributed by atoms with E-state index in [0.29, 0.717) is 5.15 Å². The van der Waals surface area contributed by atoms with Gasteiger partial charge in [-0.1, -0.05) is 17.7 Å². The maximum Gasteiger partial charge on any atom is 0.129 e. The third kappa shape index (κ3) is 4.46. The van der Waals surface area contributed by atoms with Crippen LogP contribution >= 0.6 is 35.8 Å². The van der Waals surface area contributed by atoms with Crippen molar-refractivity contribution in [2.24, 2.45) is 0 Å². The summed E-state index contributed by atoms with van der Waals surface area (Å²) >= 11 is 7.52. The molecule has 1 aromatic carbocycles. The lowest BCUT2D eigenvalue weighted by Crippen LogP contribution is -1.87. The van der Waals surface area contributed by atoms with Gasteiger partial charge in [-0.05, 0) is 36.4 Å². The van der Waals surface area contributed by atoms with Gasteiger partial charge in [-0.2, -0.15) is 0 Å². The SMILES string of the molecule is Cl.Nc1ccc(SCc2cccc(Cl)n2)cc1. The zero-order valence-electron chi connectivity index (χ0n) is 8.97. The minimum Gasteiger partial charge on any atom is -0.399 e. The number of pyridine rings is 1. The molecule has 2 rings (SSSR count). The molecule has 2 N–H and O–H groups in total. The molecular weight excluding hydrogens is 275 g/mol. The molecule has 0 saturated heterocycles. The zero-order chi connectivity index (χ0) is 11.4. The minimum absolute atomic E-state index is 0. The first-order valence-electron chi connectivity index (χ1n) is 4.84. The quantitative estimate of drug-likeness (QED) is 0.526. The fourth-order valence-corrected chi connectivity index (χ4v) is 2.24. The van der Waals surface area contributed by atoms with Crippen molar-refractivity contribution in [3.8, 4) is 0 Å². The molecule has 5 heteroatoms. The van der Waals surface area contributed by atoms with Crippen molar-refractivity contribution in [1.29, 1.82) is 0 Å². The van der Waals surface area contributed by atoms with Crippen molar-refractivity contribution in [3.63, 3.8) is 0 Å². The normalized spacial score (nSPS) is 9.71. The summed E-state index contributed by atoms with van der Waals surface area (Å²) in [5.41, 5.74) is 7.38. The van der Waals surface area contributed by atoms with Crippen LogP contribution in [-0.4, -0.2) is 4.98 Å². The lowest BCUT2D eigenvalue weighted by Gasteiger charge is -2.02. The van der Waals surface area contributed by atoms with E-state index in [0.717, 1.165) is 17.1 Å². The number of nitrogen functional groups attached to an aromatic ring is 1. The molecule has 2 nitrogen and oxygen atoms in total. The standard InChI is InChI=1S/C12H11ClN2S.ClH/c13-12-3-1-2-10(15-12)8-16-11-6-4-9(14)5-7-11;/h1-7H,8,14H2;1H. The van der Waals surface area contributed by atoms with Crippen LogP contribution in [0.1, 0.15) is 5.69 Å². The van der Waals surface area contributed by atoms with Crippen LogP contribution in [0.25, 0.3) is 0 Å². The number of nitrogens with two attached hydrogens (primary N) is 1. The second kappa shape index (κ2) is 6.74. The number of rotatable bonds is 3. The fraction of sp³-hybridized carbons (Fsp3) is 0.0833. The second-order valence-electron chi connectivity index (χ2n) is 3.31. The molecular formula is C12H12Cl2N2S. The average molecular weight is 287 g/mol. The van der Waals surface area contributed by atoms with Crippen LogP contribution in [0.2, 0.25) is 5.15 Å². The molecule has 2 aromatic rings. The molecule has 0 saturated carbocycles. The van der Waals surface area contributed by atoms with E-state index >= 15 is 0 Å². The number of nitrogens with zero attached hydrogens (tertiary/aromatic N) is 1. The van der Waals surface area contributed by atoms with Crippen LogP contribution < -0.4 is 5.73 Å². The Bertz CT molecular complexity index is 474. The smallest absolute Gasteiger partial charge is 0.129 e.